The highest BCUT2D eigenvalue weighted by atomic mass is 79.9. The summed E-state index contributed by atoms with van der Waals surface area (Å²) in [6.07, 6.45) is 2.84. The highest BCUT2D eigenvalue weighted by Crippen LogP contribution is 2.32. The summed E-state index contributed by atoms with van der Waals surface area (Å²) in [7, 11) is 0. The Bertz CT molecular complexity index is 1230. The third-order valence-electron chi connectivity index (χ3n) is 5.24. The molecule has 0 aromatic heterocycles. The van der Waals surface area contributed by atoms with E-state index in [0.29, 0.717) is 17.3 Å². The van der Waals surface area contributed by atoms with Crippen molar-refractivity contribution in [1.29, 1.82) is 0 Å². The Labute approximate surface area is 210 Å². The molecule has 0 saturated carbocycles. The van der Waals surface area contributed by atoms with E-state index < -0.39 is 5.97 Å². The standard InChI is InChI=1S/C26H23BrN2O4S/c1-2-16-5-10-20(11-6-16)28-26-29-24(30)23(34-26)14-18-7-12-22(21(27)13-18)33-15-17-3-8-19(9-4-17)25(31)32/h3-14,26,28H,2,15H2,1H3,(H,29,30)(H,31,32)/b23-14-/t26-/m1/s1. The minimum atomic E-state index is -0.957. The number of carbonyl (C=O) groups excluding carboxylic acids is 1. The number of hydrogen-bond donors (Lipinski definition) is 3. The van der Waals surface area contributed by atoms with Crippen LogP contribution in [0.2, 0.25) is 0 Å². The second-order valence-electron chi connectivity index (χ2n) is 7.66. The van der Waals surface area contributed by atoms with Crippen molar-refractivity contribution in [2.75, 3.05) is 5.32 Å². The SMILES string of the molecule is CCc1ccc(N[C@@H]2NC(=O)/C(=C/c3ccc(OCc4ccc(C(=O)O)cc4)c(Br)c3)S2)cc1. The number of carboxylic acid groups (broad SMARTS) is 1. The van der Waals surface area contributed by atoms with E-state index in [4.69, 9.17) is 9.84 Å². The van der Waals surface area contributed by atoms with Crippen LogP contribution in [0.25, 0.3) is 6.08 Å². The van der Waals surface area contributed by atoms with Gasteiger partial charge in [0.25, 0.3) is 5.91 Å². The Balaban J connectivity index is 1.37. The molecule has 1 heterocycles. The maximum absolute atomic E-state index is 12.4. The van der Waals surface area contributed by atoms with Crippen LogP contribution in [0.1, 0.15) is 34.0 Å². The van der Waals surface area contributed by atoms with E-state index in [-0.39, 0.29) is 17.0 Å². The van der Waals surface area contributed by atoms with E-state index in [1.54, 1.807) is 24.3 Å². The first-order valence-corrected chi connectivity index (χ1v) is 12.4. The first-order chi connectivity index (χ1) is 16.4. The lowest BCUT2D eigenvalue weighted by atomic mass is 10.1. The third-order valence-corrected chi connectivity index (χ3v) is 6.89. The Morgan fingerprint density at radius 1 is 1.12 bits per heavy atom. The molecule has 1 aliphatic rings. The number of halogens is 1. The molecule has 0 unspecified atom stereocenters. The Morgan fingerprint density at radius 3 is 2.47 bits per heavy atom. The molecule has 1 amide bonds. The number of hydrogen-bond acceptors (Lipinski definition) is 5. The zero-order chi connectivity index (χ0) is 24.1. The van der Waals surface area contributed by atoms with Gasteiger partial charge in [-0.2, -0.15) is 0 Å². The Kier molecular flexibility index (Phi) is 7.59. The zero-order valence-corrected chi connectivity index (χ0v) is 20.8. The second kappa shape index (κ2) is 10.8. The normalized spacial score (nSPS) is 16.4. The van der Waals surface area contributed by atoms with Gasteiger partial charge in [0, 0.05) is 5.69 Å². The zero-order valence-electron chi connectivity index (χ0n) is 18.4. The molecule has 8 heteroatoms. The summed E-state index contributed by atoms with van der Waals surface area (Å²) in [5, 5.41) is 15.3. The van der Waals surface area contributed by atoms with Crippen molar-refractivity contribution in [3.05, 3.63) is 98.4 Å². The average Bonchev–Trinajstić information content (AvgIpc) is 3.17. The van der Waals surface area contributed by atoms with Crippen LogP contribution in [-0.2, 0) is 17.8 Å². The van der Waals surface area contributed by atoms with Gasteiger partial charge in [-0.25, -0.2) is 4.79 Å². The summed E-state index contributed by atoms with van der Waals surface area (Å²) >= 11 is 4.97. The van der Waals surface area contributed by atoms with Crippen molar-refractivity contribution in [2.45, 2.75) is 25.4 Å². The average molecular weight is 539 g/mol. The van der Waals surface area contributed by atoms with Gasteiger partial charge < -0.3 is 20.5 Å². The number of amides is 1. The van der Waals surface area contributed by atoms with Gasteiger partial charge >= 0.3 is 5.97 Å². The molecule has 0 bridgehead atoms. The van der Waals surface area contributed by atoms with Crippen molar-refractivity contribution in [2.24, 2.45) is 0 Å². The van der Waals surface area contributed by atoms with Gasteiger partial charge in [-0.1, -0.05) is 49.0 Å². The molecule has 34 heavy (non-hydrogen) atoms. The van der Waals surface area contributed by atoms with Crippen LogP contribution < -0.4 is 15.4 Å². The predicted molar refractivity (Wildman–Crippen MR) is 139 cm³/mol. The molecule has 3 aromatic carbocycles. The molecule has 0 radical (unpaired) electrons. The van der Waals surface area contributed by atoms with Gasteiger partial charge in [0.15, 0.2) is 5.50 Å². The molecule has 1 saturated heterocycles. The Morgan fingerprint density at radius 2 is 1.82 bits per heavy atom. The van der Waals surface area contributed by atoms with Gasteiger partial charge in [0.2, 0.25) is 0 Å². The van der Waals surface area contributed by atoms with Crippen LogP contribution >= 0.6 is 27.7 Å². The number of aryl methyl sites for hydroxylation is 1. The van der Waals surface area contributed by atoms with E-state index in [9.17, 15) is 9.59 Å². The summed E-state index contributed by atoms with van der Waals surface area (Å²) in [6.45, 7) is 2.43. The van der Waals surface area contributed by atoms with E-state index in [2.05, 4.69) is 45.6 Å². The van der Waals surface area contributed by atoms with Crippen LogP contribution in [0.5, 0.6) is 5.75 Å². The molecular formula is C26H23BrN2O4S. The highest BCUT2D eigenvalue weighted by molar-refractivity contribution is 9.10. The van der Waals surface area contributed by atoms with Gasteiger partial charge in [-0.3, -0.25) is 4.79 Å². The van der Waals surface area contributed by atoms with Crippen molar-refractivity contribution in [3.63, 3.8) is 0 Å². The molecular weight excluding hydrogens is 516 g/mol. The van der Waals surface area contributed by atoms with Crippen molar-refractivity contribution < 1.29 is 19.4 Å². The van der Waals surface area contributed by atoms with Crippen LogP contribution in [0.3, 0.4) is 0 Å². The molecule has 4 rings (SSSR count). The molecule has 3 aromatic rings. The van der Waals surface area contributed by atoms with Gasteiger partial charge in [0.05, 0.1) is 14.9 Å². The monoisotopic (exact) mass is 538 g/mol. The van der Waals surface area contributed by atoms with E-state index in [1.165, 1.54) is 17.3 Å². The number of thioether (sulfide) groups is 1. The summed E-state index contributed by atoms with van der Waals surface area (Å²) < 4.78 is 6.62. The lowest BCUT2D eigenvalue weighted by molar-refractivity contribution is -0.116. The fourth-order valence-corrected chi connectivity index (χ4v) is 4.83. The van der Waals surface area contributed by atoms with E-state index >= 15 is 0 Å². The number of nitrogens with one attached hydrogen (secondary N) is 2. The van der Waals surface area contributed by atoms with Gasteiger partial charge in [-0.15, -0.1) is 0 Å². The number of ether oxygens (including phenoxy) is 1. The summed E-state index contributed by atoms with van der Waals surface area (Å²) in [4.78, 5) is 24.0. The van der Waals surface area contributed by atoms with Gasteiger partial charge in [0.1, 0.15) is 12.4 Å². The molecule has 0 spiro atoms. The minimum Gasteiger partial charge on any atom is -0.488 e. The third kappa shape index (κ3) is 6.01. The number of rotatable bonds is 8. The molecule has 6 nitrogen and oxygen atoms in total. The largest absolute Gasteiger partial charge is 0.488 e. The number of anilines is 1. The first kappa shape index (κ1) is 23.9. The van der Waals surface area contributed by atoms with E-state index in [1.807, 2.05) is 36.4 Å². The first-order valence-electron chi connectivity index (χ1n) is 10.7. The van der Waals surface area contributed by atoms with Crippen LogP contribution in [0.15, 0.2) is 76.1 Å². The Hall–Kier alpha value is -3.23. The lowest BCUT2D eigenvalue weighted by Gasteiger charge is -2.12. The summed E-state index contributed by atoms with van der Waals surface area (Å²) in [5.74, 6) is -0.418. The van der Waals surface area contributed by atoms with Crippen LogP contribution in [0.4, 0.5) is 5.69 Å². The lowest BCUT2D eigenvalue weighted by Crippen LogP contribution is -2.30. The number of carboxylic acids is 1. The maximum atomic E-state index is 12.4. The minimum absolute atomic E-state index is 0.117. The van der Waals surface area contributed by atoms with Crippen LogP contribution in [0, 0.1) is 0 Å². The fraction of sp³-hybridized carbons (Fsp3) is 0.154. The van der Waals surface area contributed by atoms with Crippen molar-refractivity contribution >= 4 is 51.3 Å². The fourth-order valence-electron chi connectivity index (χ4n) is 3.33. The topological polar surface area (TPSA) is 87.7 Å². The maximum Gasteiger partial charge on any atom is 0.335 e. The number of carbonyl (C=O) groups is 2. The quantitative estimate of drug-likeness (QED) is 0.310. The summed E-state index contributed by atoms with van der Waals surface area (Å²) in [5.41, 5.74) is 3.97. The predicted octanol–water partition coefficient (Wildman–Crippen LogP) is 5.89. The second-order valence-corrected chi connectivity index (χ2v) is 9.66. The molecule has 1 fully saturated rings. The molecule has 3 N–H and O–H groups in total. The molecule has 174 valence electrons. The number of benzene rings is 3. The summed E-state index contributed by atoms with van der Waals surface area (Å²) in [6, 6.07) is 20.4. The molecule has 1 atom stereocenters. The van der Waals surface area contributed by atoms with E-state index in [0.717, 1.165) is 27.7 Å². The molecule has 0 aliphatic carbocycles. The van der Waals surface area contributed by atoms with Crippen LogP contribution in [-0.4, -0.2) is 22.5 Å². The molecule has 1 aliphatic heterocycles. The number of aromatic carboxylic acids is 1. The van der Waals surface area contributed by atoms with Gasteiger partial charge in [-0.05, 0) is 81.5 Å². The van der Waals surface area contributed by atoms with Crippen molar-refractivity contribution in [3.8, 4) is 5.75 Å². The van der Waals surface area contributed by atoms with Crippen molar-refractivity contribution in [1.82, 2.24) is 5.32 Å². The smallest absolute Gasteiger partial charge is 0.335 e. The highest BCUT2D eigenvalue weighted by Gasteiger charge is 2.27.